The Morgan fingerprint density at radius 2 is 1.88 bits per heavy atom. The lowest BCUT2D eigenvalue weighted by Crippen LogP contribution is -2.39. The van der Waals surface area contributed by atoms with E-state index in [0.717, 1.165) is 33.4 Å². The zero-order valence-electron chi connectivity index (χ0n) is 16.9. The van der Waals surface area contributed by atoms with Crippen molar-refractivity contribution in [1.82, 2.24) is 35.1 Å². The van der Waals surface area contributed by atoms with Crippen LogP contribution in [0, 0.1) is 0 Å². The van der Waals surface area contributed by atoms with E-state index in [1.165, 1.54) is 0 Å². The van der Waals surface area contributed by atoms with Crippen molar-refractivity contribution in [3.05, 3.63) is 49.2 Å². The summed E-state index contributed by atoms with van der Waals surface area (Å²) < 4.78 is 27.2. The lowest BCUT2D eigenvalue weighted by atomic mass is 10.1. The molecule has 6 heterocycles. The van der Waals surface area contributed by atoms with Crippen molar-refractivity contribution in [2.75, 3.05) is 18.0 Å². The molecule has 32 heavy (non-hydrogen) atoms. The summed E-state index contributed by atoms with van der Waals surface area (Å²) in [5.74, 6) is -2.03. The molecule has 0 radical (unpaired) electrons. The van der Waals surface area contributed by atoms with Gasteiger partial charge in [-0.1, -0.05) is 0 Å². The van der Waals surface area contributed by atoms with Crippen LogP contribution in [0.1, 0.15) is 12.8 Å². The van der Waals surface area contributed by atoms with Crippen LogP contribution in [-0.2, 0) is 0 Å². The van der Waals surface area contributed by atoms with E-state index in [9.17, 15) is 8.78 Å². The van der Waals surface area contributed by atoms with E-state index in [1.54, 1.807) is 31.0 Å². The van der Waals surface area contributed by atoms with Crippen molar-refractivity contribution < 1.29 is 8.78 Å². The third kappa shape index (κ3) is 3.15. The highest BCUT2D eigenvalue weighted by molar-refractivity contribution is 5.96. The summed E-state index contributed by atoms with van der Waals surface area (Å²) >= 11 is 0. The van der Waals surface area contributed by atoms with Gasteiger partial charge in [0.05, 0.1) is 41.0 Å². The fourth-order valence-electron chi connectivity index (χ4n) is 4.11. The zero-order chi connectivity index (χ0) is 21.7. The molecule has 0 amide bonds. The van der Waals surface area contributed by atoms with Crippen LogP contribution >= 0.6 is 0 Å². The summed E-state index contributed by atoms with van der Waals surface area (Å²) in [6.07, 6.45) is 8.24. The van der Waals surface area contributed by atoms with Crippen molar-refractivity contribution in [2.24, 2.45) is 0 Å². The first kappa shape index (κ1) is 18.8. The van der Waals surface area contributed by atoms with Crippen molar-refractivity contribution in [3.8, 4) is 22.8 Å². The van der Waals surface area contributed by atoms with Crippen LogP contribution in [-0.4, -0.2) is 54.1 Å². The second-order valence-electron chi connectivity index (χ2n) is 7.91. The molecule has 5 aromatic rings. The summed E-state index contributed by atoms with van der Waals surface area (Å²) in [6.45, 7) is 0.531. The number of nitrogens with zero attached hydrogens (tertiary/aromatic N) is 6. The Hall–Kier alpha value is -3.95. The monoisotopic (exact) mass is 432 g/mol. The number of aromatic nitrogens is 7. The molecule has 160 valence electrons. The Balaban J connectivity index is 1.42. The van der Waals surface area contributed by atoms with Gasteiger partial charge in [-0.3, -0.25) is 20.1 Å². The van der Waals surface area contributed by atoms with E-state index >= 15 is 0 Å². The lowest BCUT2D eigenvalue weighted by molar-refractivity contribution is -0.0220. The summed E-state index contributed by atoms with van der Waals surface area (Å²) in [5, 5.41) is 8.31. The van der Waals surface area contributed by atoms with Gasteiger partial charge in [-0.2, -0.15) is 5.10 Å². The normalized spacial score (nSPS) is 16.1. The maximum Gasteiger partial charge on any atom is 0.251 e. The number of aromatic amines is 2. The second kappa shape index (κ2) is 7.04. The number of rotatable bonds is 3. The van der Waals surface area contributed by atoms with Crippen molar-refractivity contribution in [2.45, 2.75) is 18.8 Å². The Kier molecular flexibility index (Phi) is 4.14. The van der Waals surface area contributed by atoms with Crippen molar-refractivity contribution in [3.63, 3.8) is 0 Å². The number of hydrogen-bond donors (Lipinski definition) is 2. The molecule has 0 atom stereocenters. The predicted octanol–water partition coefficient (Wildman–Crippen LogP) is 4.19. The number of halogens is 2. The van der Waals surface area contributed by atoms with Crippen LogP contribution in [0.25, 0.3) is 44.7 Å². The van der Waals surface area contributed by atoms with Gasteiger partial charge in [-0.15, -0.1) is 0 Å². The topological polar surface area (TPSA) is 99.3 Å². The molecule has 1 saturated heterocycles. The van der Waals surface area contributed by atoms with Crippen LogP contribution in [0.3, 0.4) is 0 Å². The molecular weight excluding hydrogens is 414 g/mol. The summed E-state index contributed by atoms with van der Waals surface area (Å²) in [4.78, 5) is 22.9. The van der Waals surface area contributed by atoms with Crippen LogP contribution in [0.4, 0.5) is 14.5 Å². The quantitative estimate of drug-likeness (QED) is 0.443. The van der Waals surface area contributed by atoms with E-state index in [2.05, 4.69) is 30.1 Å². The summed E-state index contributed by atoms with van der Waals surface area (Å²) in [7, 11) is 0. The number of imidazole rings is 1. The fraction of sp³-hybridized carbons (Fsp3) is 0.227. The van der Waals surface area contributed by atoms with Gasteiger partial charge >= 0.3 is 0 Å². The molecule has 6 rings (SSSR count). The van der Waals surface area contributed by atoms with Crippen LogP contribution in [0.15, 0.2) is 49.2 Å². The van der Waals surface area contributed by atoms with Gasteiger partial charge in [0.1, 0.15) is 11.2 Å². The molecule has 8 nitrogen and oxygen atoms in total. The molecule has 1 aliphatic heterocycles. The molecule has 0 spiro atoms. The van der Waals surface area contributed by atoms with E-state index in [1.807, 2.05) is 23.1 Å². The first-order valence-corrected chi connectivity index (χ1v) is 10.3. The molecule has 0 saturated carbocycles. The van der Waals surface area contributed by atoms with Gasteiger partial charge in [0.25, 0.3) is 5.92 Å². The van der Waals surface area contributed by atoms with Gasteiger partial charge in [0.15, 0.2) is 5.82 Å². The largest absolute Gasteiger partial charge is 0.368 e. The minimum Gasteiger partial charge on any atom is -0.368 e. The highest BCUT2D eigenvalue weighted by atomic mass is 19.3. The molecule has 0 unspecified atom stereocenters. The average Bonchev–Trinajstić information content (AvgIpc) is 3.43. The zero-order valence-corrected chi connectivity index (χ0v) is 16.9. The molecule has 1 aliphatic rings. The molecule has 10 heteroatoms. The van der Waals surface area contributed by atoms with Gasteiger partial charge in [0.2, 0.25) is 0 Å². The molecule has 2 N–H and O–H groups in total. The number of pyridine rings is 3. The van der Waals surface area contributed by atoms with E-state index < -0.39 is 5.92 Å². The third-order valence-electron chi connectivity index (χ3n) is 5.84. The molecule has 0 bridgehead atoms. The number of H-pyrrole nitrogens is 2. The first-order chi connectivity index (χ1) is 15.6. The molecule has 1 fully saturated rings. The number of alkyl halides is 2. The Bertz CT molecular complexity index is 1420. The van der Waals surface area contributed by atoms with Gasteiger partial charge < -0.3 is 9.88 Å². The lowest BCUT2D eigenvalue weighted by Gasteiger charge is -2.33. The Labute approximate surface area is 180 Å². The van der Waals surface area contributed by atoms with Gasteiger partial charge in [-0.05, 0) is 18.2 Å². The standard InChI is InChI=1S/C22H18F2N8/c23-22(24)3-6-32(7-4-22)18-12-26-10-17-20(18)29-21(28-17)19-14-8-15(13-2-1-5-25-9-13)27-11-16(14)30-31-19/h1-2,5,8-12H,3-4,6-7H2,(H,28,29)(H,30,31). The number of hydrogen-bond acceptors (Lipinski definition) is 6. The van der Waals surface area contributed by atoms with E-state index in [-0.39, 0.29) is 25.9 Å². The highest BCUT2D eigenvalue weighted by Crippen LogP contribution is 2.34. The highest BCUT2D eigenvalue weighted by Gasteiger charge is 2.34. The Morgan fingerprint density at radius 3 is 2.69 bits per heavy atom. The Morgan fingerprint density at radius 1 is 1.00 bits per heavy atom. The van der Waals surface area contributed by atoms with Gasteiger partial charge in [0, 0.05) is 49.3 Å². The van der Waals surface area contributed by atoms with Crippen LogP contribution in [0.2, 0.25) is 0 Å². The molecule has 0 aromatic carbocycles. The van der Waals surface area contributed by atoms with E-state index in [4.69, 9.17) is 4.98 Å². The minimum atomic E-state index is -2.61. The van der Waals surface area contributed by atoms with E-state index in [0.29, 0.717) is 17.0 Å². The molecule has 5 aromatic heterocycles. The first-order valence-electron chi connectivity index (χ1n) is 10.3. The number of fused-ring (bicyclic) bond motifs is 2. The van der Waals surface area contributed by atoms with Crippen molar-refractivity contribution >= 4 is 27.6 Å². The smallest absolute Gasteiger partial charge is 0.251 e. The molecule has 0 aliphatic carbocycles. The van der Waals surface area contributed by atoms with Crippen molar-refractivity contribution in [1.29, 1.82) is 0 Å². The van der Waals surface area contributed by atoms with Gasteiger partial charge in [-0.25, -0.2) is 13.8 Å². The number of piperidine rings is 1. The number of nitrogens with one attached hydrogen (secondary N) is 2. The second-order valence-corrected chi connectivity index (χ2v) is 7.91. The predicted molar refractivity (Wildman–Crippen MR) is 116 cm³/mol. The maximum atomic E-state index is 13.6. The van der Waals surface area contributed by atoms with Crippen LogP contribution in [0.5, 0.6) is 0 Å². The minimum absolute atomic E-state index is 0.172. The summed E-state index contributed by atoms with van der Waals surface area (Å²) in [5.41, 5.74) is 5.29. The number of anilines is 1. The SMILES string of the molecule is FC1(F)CCN(c2cncc3[nH]c(-c4n[nH]c5cnc(-c6cccnc6)cc45)nc23)CC1. The van der Waals surface area contributed by atoms with Crippen LogP contribution < -0.4 is 4.90 Å². The third-order valence-corrected chi connectivity index (χ3v) is 5.84. The average molecular weight is 432 g/mol. The fourth-order valence-corrected chi connectivity index (χ4v) is 4.11. The molecular formula is C22H18F2N8. The maximum absolute atomic E-state index is 13.6. The summed E-state index contributed by atoms with van der Waals surface area (Å²) in [6, 6.07) is 5.76.